The van der Waals surface area contributed by atoms with Crippen molar-refractivity contribution in [3.05, 3.63) is 47.3 Å². The molecule has 9 nitrogen and oxygen atoms in total. The molecule has 188 valence electrons. The maximum absolute atomic E-state index is 13.4. The summed E-state index contributed by atoms with van der Waals surface area (Å²) in [6.45, 7) is 12.8. The highest BCUT2D eigenvalue weighted by Crippen LogP contribution is 2.23. The Morgan fingerprint density at radius 3 is 2.59 bits per heavy atom. The number of rotatable bonds is 10. The van der Waals surface area contributed by atoms with E-state index < -0.39 is 9.84 Å². The number of benzene rings is 1. The molecule has 2 heterocycles. The Morgan fingerprint density at radius 2 is 1.94 bits per heavy atom. The molecule has 0 aliphatic carbocycles. The highest BCUT2D eigenvalue weighted by Gasteiger charge is 2.27. The van der Waals surface area contributed by atoms with Crippen LogP contribution in [0.3, 0.4) is 0 Å². The second-order valence-electron chi connectivity index (χ2n) is 8.89. The third kappa shape index (κ3) is 6.58. The Morgan fingerprint density at radius 1 is 1.24 bits per heavy atom. The summed E-state index contributed by atoms with van der Waals surface area (Å²) in [7, 11) is -3.68. The van der Waals surface area contributed by atoms with Gasteiger partial charge in [-0.05, 0) is 38.8 Å². The van der Waals surface area contributed by atoms with Crippen LogP contribution in [0.15, 0.2) is 35.6 Å². The summed E-state index contributed by atoms with van der Waals surface area (Å²) in [6.07, 6.45) is 1.59. The molecule has 0 atom stereocenters. The van der Waals surface area contributed by atoms with Crippen LogP contribution in [0.2, 0.25) is 0 Å². The maximum atomic E-state index is 13.4. The number of amides is 2. The summed E-state index contributed by atoms with van der Waals surface area (Å²) in [5.74, 6) is -0.111. The first-order valence-corrected chi connectivity index (χ1v) is 13.5. The molecule has 3 rings (SSSR count). The number of carbonyl (C=O) groups excluding carboxylic acids is 1. The number of aromatic nitrogens is 2. The van der Waals surface area contributed by atoms with E-state index in [0.717, 1.165) is 30.8 Å². The molecule has 10 heteroatoms. The van der Waals surface area contributed by atoms with Crippen LogP contribution in [0.4, 0.5) is 4.79 Å². The standard InChI is InChI=1S/C24H37N5O4S/c1-5-25-23(30)28(11-10-27-12-14-33-15-13-27)17-22-16-26-24(29(22)19(2)3)34(31,32)18-21-9-7-6-8-20(21)4/h6-9,16,19H,5,10-15,17-18H2,1-4H3,(H,25,30). The lowest BCUT2D eigenvalue weighted by molar-refractivity contribution is 0.0346. The molecular formula is C24H37N5O4S. The van der Waals surface area contributed by atoms with Crippen molar-refractivity contribution >= 4 is 15.9 Å². The highest BCUT2D eigenvalue weighted by molar-refractivity contribution is 7.90. The maximum Gasteiger partial charge on any atom is 0.317 e. The molecule has 0 unspecified atom stereocenters. The zero-order valence-corrected chi connectivity index (χ0v) is 21.5. The van der Waals surface area contributed by atoms with Gasteiger partial charge >= 0.3 is 6.03 Å². The summed E-state index contributed by atoms with van der Waals surface area (Å²) in [5, 5.41) is 2.92. The van der Waals surface area contributed by atoms with Crippen LogP contribution >= 0.6 is 0 Å². The normalized spacial score (nSPS) is 15.0. The number of urea groups is 1. The minimum Gasteiger partial charge on any atom is -0.379 e. The van der Waals surface area contributed by atoms with Gasteiger partial charge in [0.25, 0.3) is 0 Å². The van der Waals surface area contributed by atoms with E-state index in [1.54, 1.807) is 15.7 Å². The summed E-state index contributed by atoms with van der Waals surface area (Å²) in [5.41, 5.74) is 2.39. The quantitative estimate of drug-likeness (QED) is 0.549. The number of imidazole rings is 1. The summed E-state index contributed by atoms with van der Waals surface area (Å²) in [6, 6.07) is 7.18. The second kappa shape index (κ2) is 11.8. The fraction of sp³-hybridized carbons (Fsp3) is 0.583. The number of hydrogen-bond donors (Lipinski definition) is 1. The fourth-order valence-electron chi connectivity index (χ4n) is 4.12. The number of sulfone groups is 1. The minimum absolute atomic E-state index is 0.0461. The van der Waals surface area contributed by atoms with Gasteiger partial charge in [-0.2, -0.15) is 0 Å². The molecule has 0 spiro atoms. The fourth-order valence-corrected chi connectivity index (χ4v) is 5.82. The van der Waals surface area contributed by atoms with E-state index in [2.05, 4.69) is 15.2 Å². The van der Waals surface area contributed by atoms with Crippen LogP contribution < -0.4 is 5.32 Å². The van der Waals surface area contributed by atoms with Gasteiger partial charge in [0.05, 0.1) is 37.4 Å². The number of morpholine rings is 1. The molecule has 0 radical (unpaired) electrons. The minimum atomic E-state index is -3.68. The Hall–Kier alpha value is -2.43. The van der Waals surface area contributed by atoms with Gasteiger partial charge in [-0.1, -0.05) is 24.3 Å². The average Bonchev–Trinajstić information content (AvgIpc) is 3.24. The van der Waals surface area contributed by atoms with E-state index in [1.807, 2.05) is 52.0 Å². The molecule has 1 N–H and O–H groups in total. The van der Waals surface area contributed by atoms with E-state index >= 15 is 0 Å². The SMILES string of the molecule is CCNC(=O)N(CCN1CCOCC1)Cc1cnc(S(=O)(=O)Cc2ccccc2C)n1C(C)C. The molecule has 1 aliphatic rings. The number of aryl methyl sites for hydroxylation is 1. The molecular weight excluding hydrogens is 454 g/mol. The lowest BCUT2D eigenvalue weighted by atomic mass is 10.1. The second-order valence-corrected chi connectivity index (χ2v) is 10.8. The van der Waals surface area contributed by atoms with E-state index in [1.165, 1.54) is 0 Å². The molecule has 1 aromatic carbocycles. The summed E-state index contributed by atoms with van der Waals surface area (Å²) < 4.78 is 33.9. The molecule has 1 fully saturated rings. The number of nitrogens with one attached hydrogen (secondary N) is 1. The van der Waals surface area contributed by atoms with Gasteiger partial charge < -0.3 is 19.5 Å². The Bertz CT molecular complexity index is 1060. The van der Waals surface area contributed by atoms with Gasteiger partial charge in [0, 0.05) is 38.8 Å². The lowest BCUT2D eigenvalue weighted by Crippen LogP contribution is -2.46. The van der Waals surface area contributed by atoms with Crippen molar-refractivity contribution in [1.82, 2.24) is 24.7 Å². The molecule has 1 saturated heterocycles. The van der Waals surface area contributed by atoms with Crippen LogP contribution in [0.25, 0.3) is 0 Å². The largest absolute Gasteiger partial charge is 0.379 e. The number of ether oxygens (including phenoxy) is 1. The first kappa shape index (κ1) is 26.2. The van der Waals surface area contributed by atoms with Crippen molar-refractivity contribution in [2.75, 3.05) is 45.9 Å². The van der Waals surface area contributed by atoms with Gasteiger partial charge in [0.1, 0.15) is 0 Å². The number of carbonyl (C=O) groups is 1. The third-order valence-corrected chi connectivity index (χ3v) is 7.55. The summed E-state index contributed by atoms with van der Waals surface area (Å²) in [4.78, 5) is 21.1. The Balaban J connectivity index is 1.84. The van der Waals surface area contributed by atoms with Crippen LogP contribution in [-0.2, 0) is 26.9 Å². The smallest absolute Gasteiger partial charge is 0.317 e. The average molecular weight is 492 g/mol. The zero-order chi connectivity index (χ0) is 24.7. The van der Waals surface area contributed by atoms with Crippen molar-refractivity contribution in [2.24, 2.45) is 0 Å². The Labute approximate surface area is 203 Å². The van der Waals surface area contributed by atoms with Crippen molar-refractivity contribution in [2.45, 2.75) is 51.2 Å². The van der Waals surface area contributed by atoms with Gasteiger partial charge in [0.2, 0.25) is 15.0 Å². The summed E-state index contributed by atoms with van der Waals surface area (Å²) >= 11 is 0. The van der Waals surface area contributed by atoms with Gasteiger partial charge in [-0.15, -0.1) is 0 Å². The lowest BCUT2D eigenvalue weighted by Gasteiger charge is -2.30. The van der Waals surface area contributed by atoms with Crippen LogP contribution in [-0.4, -0.2) is 79.7 Å². The highest BCUT2D eigenvalue weighted by atomic mass is 32.2. The molecule has 0 bridgehead atoms. The predicted molar refractivity (Wildman–Crippen MR) is 131 cm³/mol. The molecule has 2 aromatic rings. The van der Waals surface area contributed by atoms with E-state index in [4.69, 9.17) is 4.74 Å². The van der Waals surface area contributed by atoms with E-state index in [0.29, 0.717) is 32.0 Å². The zero-order valence-electron chi connectivity index (χ0n) is 20.7. The number of nitrogens with zero attached hydrogens (tertiary/aromatic N) is 4. The van der Waals surface area contributed by atoms with Crippen LogP contribution in [0, 0.1) is 6.92 Å². The van der Waals surface area contributed by atoms with E-state index in [-0.39, 0.29) is 29.5 Å². The third-order valence-electron chi connectivity index (χ3n) is 6.00. The van der Waals surface area contributed by atoms with Crippen molar-refractivity contribution in [3.63, 3.8) is 0 Å². The number of hydrogen-bond acceptors (Lipinski definition) is 6. The molecule has 2 amide bonds. The van der Waals surface area contributed by atoms with Crippen molar-refractivity contribution < 1.29 is 17.9 Å². The van der Waals surface area contributed by atoms with E-state index in [9.17, 15) is 13.2 Å². The molecule has 34 heavy (non-hydrogen) atoms. The van der Waals surface area contributed by atoms with Crippen molar-refractivity contribution in [3.8, 4) is 0 Å². The van der Waals surface area contributed by atoms with Crippen molar-refractivity contribution in [1.29, 1.82) is 0 Å². The topological polar surface area (TPSA) is 96.8 Å². The first-order chi connectivity index (χ1) is 16.2. The van der Waals surface area contributed by atoms with Gasteiger partial charge in [0.15, 0.2) is 0 Å². The van der Waals surface area contributed by atoms with Crippen LogP contribution in [0.1, 0.15) is 43.6 Å². The molecule has 1 aliphatic heterocycles. The molecule has 1 aromatic heterocycles. The first-order valence-electron chi connectivity index (χ1n) is 11.9. The Kier molecular flexibility index (Phi) is 9.10. The van der Waals surface area contributed by atoms with Crippen LogP contribution in [0.5, 0.6) is 0 Å². The molecule has 0 saturated carbocycles. The monoisotopic (exact) mass is 491 g/mol. The van der Waals surface area contributed by atoms with Gasteiger partial charge in [-0.25, -0.2) is 18.2 Å². The predicted octanol–water partition coefficient (Wildman–Crippen LogP) is 2.61. The van der Waals surface area contributed by atoms with Gasteiger partial charge in [-0.3, -0.25) is 4.90 Å².